The van der Waals surface area contributed by atoms with Gasteiger partial charge in [-0.25, -0.2) is 4.98 Å². The van der Waals surface area contributed by atoms with E-state index in [-0.39, 0.29) is 11.5 Å². The highest BCUT2D eigenvalue weighted by atomic mass is 16.6. The van der Waals surface area contributed by atoms with Crippen molar-refractivity contribution in [3.8, 4) is 5.88 Å². The summed E-state index contributed by atoms with van der Waals surface area (Å²) in [6, 6.07) is 2.82. The second-order valence-electron chi connectivity index (χ2n) is 3.73. The van der Waals surface area contributed by atoms with E-state index in [1.54, 1.807) is 12.5 Å². The molecular weight excluding hydrogens is 250 g/mol. The van der Waals surface area contributed by atoms with Crippen molar-refractivity contribution in [1.29, 1.82) is 0 Å². The molecule has 2 aromatic heterocycles. The smallest absolute Gasteiger partial charge is 0.311 e. The number of nitrogens with zero attached hydrogens (tertiary/aromatic N) is 3. The van der Waals surface area contributed by atoms with Crippen LogP contribution in [0.3, 0.4) is 0 Å². The molecule has 0 radical (unpaired) electrons. The number of nitrogens with one attached hydrogen (secondary N) is 2. The minimum atomic E-state index is -0.481. The number of pyridine rings is 1. The normalized spacial score (nSPS) is 10.2. The van der Waals surface area contributed by atoms with Gasteiger partial charge in [-0.2, -0.15) is 4.98 Å². The van der Waals surface area contributed by atoms with Gasteiger partial charge in [0, 0.05) is 37.0 Å². The first-order valence-electron chi connectivity index (χ1n) is 5.61. The molecule has 2 heterocycles. The molecule has 0 aromatic carbocycles. The molecule has 0 saturated carbocycles. The molecule has 0 atom stereocenters. The zero-order chi connectivity index (χ0) is 13.7. The average Bonchev–Trinajstić information content (AvgIpc) is 2.91. The van der Waals surface area contributed by atoms with Gasteiger partial charge < -0.3 is 15.0 Å². The van der Waals surface area contributed by atoms with Crippen molar-refractivity contribution in [2.24, 2.45) is 0 Å². The molecule has 0 saturated heterocycles. The number of hydrogen-bond donors (Lipinski definition) is 2. The van der Waals surface area contributed by atoms with Gasteiger partial charge in [0.15, 0.2) is 0 Å². The number of H-pyrrole nitrogens is 1. The van der Waals surface area contributed by atoms with E-state index in [4.69, 9.17) is 4.74 Å². The molecule has 2 aromatic rings. The molecule has 0 aliphatic heterocycles. The minimum absolute atomic E-state index is 0.0783. The predicted octanol–water partition coefficient (Wildman–Crippen LogP) is 1.38. The fraction of sp³-hybridized carbons (Fsp3) is 0.273. The number of hydrogen-bond acceptors (Lipinski definition) is 6. The topological polar surface area (TPSA) is 106 Å². The Morgan fingerprint density at radius 2 is 2.37 bits per heavy atom. The van der Waals surface area contributed by atoms with E-state index in [0.717, 1.165) is 5.69 Å². The summed E-state index contributed by atoms with van der Waals surface area (Å²) in [5, 5.41) is 13.8. The van der Waals surface area contributed by atoms with E-state index >= 15 is 0 Å². The molecule has 100 valence electrons. The van der Waals surface area contributed by atoms with Crippen LogP contribution in [0.1, 0.15) is 5.69 Å². The second-order valence-corrected chi connectivity index (χ2v) is 3.73. The van der Waals surface area contributed by atoms with Gasteiger partial charge in [-0.3, -0.25) is 10.1 Å². The highest BCUT2D eigenvalue weighted by molar-refractivity contribution is 5.57. The van der Waals surface area contributed by atoms with Crippen molar-refractivity contribution in [1.82, 2.24) is 15.0 Å². The number of aromatic nitrogens is 3. The molecule has 0 fully saturated rings. The number of anilines is 1. The Morgan fingerprint density at radius 1 is 1.53 bits per heavy atom. The molecule has 0 amide bonds. The first kappa shape index (κ1) is 12.8. The highest BCUT2D eigenvalue weighted by Gasteiger charge is 2.15. The van der Waals surface area contributed by atoms with Crippen LogP contribution in [-0.4, -0.2) is 33.5 Å². The van der Waals surface area contributed by atoms with Gasteiger partial charge in [-0.05, 0) is 0 Å². The largest absolute Gasteiger partial charge is 0.481 e. The number of methoxy groups -OCH3 is 1. The molecule has 19 heavy (non-hydrogen) atoms. The van der Waals surface area contributed by atoms with Crippen LogP contribution in [0.25, 0.3) is 0 Å². The van der Waals surface area contributed by atoms with Gasteiger partial charge in [0.05, 0.1) is 18.4 Å². The van der Waals surface area contributed by atoms with E-state index in [0.29, 0.717) is 18.8 Å². The summed E-state index contributed by atoms with van der Waals surface area (Å²) in [5.74, 6) is 0.526. The Labute approximate surface area is 109 Å². The highest BCUT2D eigenvalue weighted by Crippen LogP contribution is 2.24. The molecule has 0 spiro atoms. The van der Waals surface area contributed by atoms with Crippen LogP contribution in [0.15, 0.2) is 24.7 Å². The van der Waals surface area contributed by atoms with Gasteiger partial charge in [-0.15, -0.1) is 0 Å². The van der Waals surface area contributed by atoms with Crippen molar-refractivity contribution < 1.29 is 9.66 Å². The van der Waals surface area contributed by atoms with E-state index in [2.05, 4.69) is 20.3 Å². The van der Waals surface area contributed by atoms with Crippen LogP contribution in [-0.2, 0) is 6.42 Å². The lowest BCUT2D eigenvalue weighted by atomic mass is 10.3. The monoisotopic (exact) mass is 263 g/mol. The summed E-state index contributed by atoms with van der Waals surface area (Å²) >= 11 is 0. The maximum atomic E-state index is 10.9. The molecule has 0 unspecified atom stereocenters. The molecular formula is C11H13N5O3. The van der Waals surface area contributed by atoms with E-state index in [1.807, 2.05) is 0 Å². The first-order chi connectivity index (χ1) is 9.20. The summed E-state index contributed by atoms with van der Waals surface area (Å²) < 4.78 is 4.95. The fourth-order valence-corrected chi connectivity index (χ4v) is 1.56. The van der Waals surface area contributed by atoms with Crippen LogP contribution < -0.4 is 10.1 Å². The number of imidazole rings is 1. The average molecular weight is 263 g/mol. The third-order valence-corrected chi connectivity index (χ3v) is 2.50. The zero-order valence-corrected chi connectivity index (χ0v) is 10.3. The van der Waals surface area contributed by atoms with Crippen molar-refractivity contribution in [3.05, 3.63) is 40.5 Å². The number of nitro groups is 1. The lowest BCUT2D eigenvalue weighted by Crippen LogP contribution is -2.09. The predicted molar refractivity (Wildman–Crippen MR) is 68.2 cm³/mol. The summed E-state index contributed by atoms with van der Waals surface area (Å²) in [6.45, 7) is 0.503. The SMILES string of the molecule is COc1ccc([N+](=O)[O-])c(NCCc2cnc[nH]2)n1. The van der Waals surface area contributed by atoms with E-state index in [1.165, 1.54) is 19.2 Å². The second kappa shape index (κ2) is 5.80. The number of aromatic amines is 1. The maximum absolute atomic E-state index is 10.9. The van der Waals surface area contributed by atoms with Gasteiger partial charge in [0.25, 0.3) is 0 Å². The third kappa shape index (κ3) is 3.18. The lowest BCUT2D eigenvalue weighted by molar-refractivity contribution is -0.384. The molecule has 2 rings (SSSR count). The van der Waals surface area contributed by atoms with Crippen molar-refractivity contribution >= 4 is 11.5 Å². The molecule has 8 heteroatoms. The molecule has 0 aliphatic carbocycles. The minimum Gasteiger partial charge on any atom is -0.481 e. The molecule has 0 bridgehead atoms. The van der Waals surface area contributed by atoms with Crippen LogP contribution in [0.4, 0.5) is 11.5 Å². The van der Waals surface area contributed by atoms with Crippen molar-refractivity contribution in [3.63, 3.8) is 0 Å². The van der Waals surface area contributed by atoms with Gasteiger partial charge in [0.2, 0.25) is 11.7 Å². The first-order valence-corrected chi connectivity index (χ1v) is 5.61. The van der Waals surface area contributed by atoms with E-state index < -0.39 is 4.92 Å². The van der Waals surface area contributed by atoms with Gasteiger partial charge >= 0.3 is 5.69 Å². The summed E-state index contributed by atoms with van der Waals surface area (Å²) in [5.41, 5.74) is 0.864. The van der Waals surface area contributed by atoms with Crippen LogP contribution in [0.2, 0.25) is 0 Å². The van der Waals surface area contributed by atoms with Crippen molar-refractivity contribution in [2.75, 3.05) is 19.0 Å². The van der Waals surface area contributed by atoms with Crippen molar-refractivity contribution in [2.45, 2.75) is 6.42 Å². The summed E-state index contributed by atoms with van der Waals surface area (Å²) in [6.07, 6.45) is 3.95. The fourth-order valence-electron chi connectivity index (χ4n) is 1.56. The number of rotatable bonds is 6. The Bertz CT molecular complexity index is 555. The van der Waals surface area contributed by atoms with Crippen LogP contribution in [0.5, 0.6) is 5.88 Å². The van der Waals surface area contributed by atoms with Gasteiger partial charge in [-0.1, -0.05) is 0 Å². The molecule has 0 aliphatic rings. The third-order valence-electron chi connectivity index (χ3n) is 2.50. The Kier molecular flexibility index (Phi) is 3.91. The summed E-state index contributed by atoms with van der Waals surface area (Å²) in [4.78, 5) is 21.3. The van der Waals surface area contributed by atoms with E-state index in [9.17, 15) is 10.1 Å². The van der Waals surface area contributed by atoms with Gasteiger partial charge in [0.1, 0.15) is 0 Å². The Hall–Kier alpha value is -2.64. The maximum Gasteiger partial charge on any atom is 0.311 e. The lowest BCUT2D eigenvalue weighted by Gasteiger charge is -2.07. The number of ether oxygens (including phenoxy) is 1. The van der Waals surface area contributed by atoms with Crippen LogP contribution in [0, 0.1) is 10.1 Å². The Balaban J connectivity index is 2.06. The standard InChI is InChI=1S/C11H13N5O3/c1-19-10-3-2-9(16(17)18)11(15-10)13-5-4-8-6-12-7-14-8/h2-3,6-7H,4-5H2,1H3,(H,12,14)(H,13,15). The zero-order valence-electron chi connectivity index (χ0n) is 10.3. The molecule has 8 nitrogen and oxygen atoms in total. The Morgan fingerprint density at radius 3 is 3.00 bits per heavy atom. The quantitative estimate of drug-likeness (QED) is 0.602. The molecule has 2 N–H and O–H groups in total. The van der Waals surface area contributed by atoms with Crippen LogP contribution >= 0.6 is 0 Å². The summed E-state index contributed by atoms with van der Waals surface area (Å²) in [7, 11) is 1.46.